The van der Waals surface area contributed by atoms with Crippen LogP contribution in [0.3, 0.4) is 0 Å². The average molecular weight is 365 g/mol. The van der Waals surface area contributed by atoms with Gasteiger partial charge < -0.3 is 16.7 Å². The molecule has 3 N–H and O–H groups in total. The number of fused-ring (bicyclic) bond motifs is 1. The molecule has 2 heterocycles. The van der Waals surface area contributed by atoms with Crippen molar-refractivity contribution >= 4 is 22.2 Å². The molecule has 2 atom stereocenters. The molecule has 24 heavy (non-hydrogen) atoms. The Morgan fingerprint density at radius 2 is 1.96 bits per heavy atom. The zero-order valence-electron chi connectivity index (χ0n) is 13.9. The van der Waals surface area contributed by atoms with Gasteiger partial charge in [0.05, 0.1) is 6.04 Å². The molecule has 0 saturated carbocycles. The minimum Gasteiger partial charge on any atom is -1.00 e. The van der Waals surface area contributed by atoms with Gasteiger partial charge in [0, 0.05) is 13.1 Å². The largest absolute Gasteiger partial charge is 1.00 e. The molecule has 0 aromatic heterocycles. The molecule has 9 nitrogen and oxygen atoms in total. The summed E-state index contributed by atoms with van der Waals surface area (Å²) in [4.78, 5) is 25.3. The summed E-state index contributed by atoms with van der Waals surface area (Å²) >= 11 is 0. The molecule has 2 saturated heterocycles. The molecule has 0 bridgehead atoms. The number of amides is 3. The molecule has 11 heteroatoms. The van der Waals surface area contributed by atoms with Crippen molar-refractivity contribution in [2.24, 2.45) is 0 Å². The van der Waals surface area contributed by atoms with Gasteiger partial charge in [0.1, 0.15) is 11.8 Å². The van der Waals surface area contributed by atoms with E-state index >= 15 is 0 Å². The fourth-order valence-electron chi connectivity index (χ4n) is 2.94. The van der Waals surface area contributed by atoms with E-state index in [0.717, 1.165) is 5.56 Å². The van der Waals surface area contributed by atoms with E-state index < -0.39 is 34.3 Å². The number of likely N-dealkylation sites (tertiary alicyclic amines) is 1. The Kier molecular flexibility index (Phi) is 5.45. The third-order valence-electron chi connectivity index (χ3n) is 4.03. The van der Waals surface area contributed by atoms with Gasteiger partial charge in [-0.3, -0.25) is 9.35 Å². The molecule has 0 aliphatic carbocycles. The predicted molar refractivity (Wildman–Crippen MR) is 78.7 cm³/mol. The molecule has 2 fully saturated rings. The van der Waals surface area contributed by atoms with Gasteiger partial charge in [-0.1, -0.05) is 12.1 Å². The molecule has 2 aliphatic rings. The number of nitrogens with zero attached hydrogens (tertiary/aromatic N) is 2. The summed E-state index contributed by atoms with van der Waals surface area (Å²) < 4.78 is 31.6. The Morgan fingerprint density at radius 3 is 2.54 bits per heavy atom. The van der Waals surface area contributed by atoms with Crippen LogP contribution >= 0.6 is 0 Å². The summed E-state index contributed by atoms with van der Waals surface area (Å²) in [6, 6.07) is 4.26. The predicted octanol–water partition coefficient (Wildman–Crippen LogP) is -3.19. The van der Waals surface area contributed by atoms with Crippen LogP contribution in [-0.4, -0.2) is 57.8 Å². The molecule has 1 aromatic carbocycles. The zero-order valence-corrected chi connectivity index (χ0v) is 15.7. The summed E-state index contributed by atoms with van der Waals surface area (Å²) in [5, 5.41) is 11.8. The summed E-state index contributed by atoms with van der Waals surface area (Å²) in [7, 11) is -4.58. The number of benzene rings is 1. The van der Waals surface area contributed by atoms with Crippen molar-refractivity contribution < 1.29 is 58.7 Å². The van der Waals surface area contributed by atoms with E-state index in [2.05, 4.69) is 5.32 Å². The number of phenolic OH excluding ortho intramolecular Hbond substituents is 1. The Morgan fingerprint density at radius 1 is 1.33 bits per heavy atom. The monoisotopic (exact) mass is 365 g/mol. The van der Waals surface area contributed by atoms with Crippen molar-refractivity contribution in [3.8, 4) is 5.75 Å². The summed E-state index contributed by atoms with van der Waals surface area (Å²) in [5.41, 5.74) is 0.770. The molecule has 1 aromatic rings. The second-order valence-electron chi connectivity index (χ2n) is 5.43. The molecule has 126 valence electrons. The van der Waals surface area contributed by atoms with Crippen molar-refractivity contribution in [3.05, 3.63) is 29.8 Å². The number of hydrogen-bond acceptors (Lipinski definition) is 5. The van der Waals surface area contributed by atoms with E-state index in [0.29, 0.717) is 10.7 Å². The summed E-state index contributed by atoms with van der Waals surface area (Å²) in [5.74, 6) is -0.678. The number of hydrogen-bond donors (Lipinski definition) is 3. The number of β-lactam (4-membered cyclic amide) rings is 1. The fraction of sp³-hybridized carbons (Fsp3) is 0.385. The maximum Gasteiger partial charge on any atom is 1.00 e. The first-order chi connectivity index (χ1) is 10.8. The van der Waals surface area contributed by atoms with Crippen LogP contribution in [0.5, 0.6) is 5.75 Å². The van der Waals surface area contributed by atoms with Crippen LogP contribution in [0.4, 0.5) is 4.79 Å². The van der Waals surface area contributed by atoms with Crippen molar-refractivity contribution in [3.63, 3.8) is 0 Å². The van der Waals surface area contributed by atoms with Crippen LogP contribution in [-0.2, 0) is 21.6 Å². The fourth-order valence-corrected chi connectivity index (χ4v) is 3.84. The first-order valence-corrected chi connectivity index (χ1v) is 8.32. The Hall–Kier alpha value is -1.33. The molecular weight excluding hydrogens is 349 g/mol. The minimum absolute atomic E-state index is 0. The topological polar surface area (TPSA) is 127 Å². The van der Waals surface area contributed by atoms with Crippen LogP contribution in [0.2, 0.25) is 0 Å². The van der Waals surface area contributed by atoms with Gasteiger partial charge in [0.2, 0.25) is 0 Å². The number of urea groups is 1. The maximum absolute atomic E-state index is 12.2. The van der Waals surface area contributed by atoms with Crippen molar-refractivity contribution in [2.45, 2.75) is 25.0 Å². The van der Waals surface area contributed by atoms with Gasteiger partial charge in [-0.15, -0.1) is 0 Å². The van der Waals surface area contributed by atoms with E-state index in [1.165, 1.54) is 17.0 Å². The summed E-state index contributed by atoms with van der Waals surface area (Å²) in [6.07, 6.45) is 0.294. The second-order valence-corrected chi connectivity index (χ2v) is 6.72. The molecule has 0 unspecified atom stereocenters. The molecule has 3 rings (SSSR count). The number of aromatic hydroxyl groups is 1. The average Bonchev–Trinajstić information content (AvgIpc) is 2.83. The number of rotatable bonds is 3. The Labute approximate surface area is 162 Å². The standard InChI is InChI=1S/C13H15N3O6S.Na.H/c17-9-3-1-8(2-4-9)7-14-13(19)15-6-5-10-11(15)12(18)16(10)23(20,21)22;;/h1-4,10-11,17H,5-7H2,(H,14,19)(H,20,21,22);;/q;+1;-1/t10-,11+;;/m1../s1. The van der Waals surface area contributed by atoms with Crippen molar-refractivity contribution in [1.82, 2.24) is 14.5 Å². The minimum atomic E-state index is -4.58. The van der Waals surface area contributed by atoms with E-state index in [1.807, 2.05) is 0 Å². The SMILES string of the molecule is O=C(NCc1ccc(O)cc1)N1CC[C@@H]2[C@H]1C(=O)N2S(=O)(=O)O.[H-].[Na+]. The van der Waals surface area contributed by atoms with Gasteiger partial charge in [-0.25, -0.2) is 9.10 Å². The zero-order chi connectivity index (χ0) is 16.8. The molecule has 3 amide bonds. The van der Waals surface area contributed by atoms with Crippen LogP contribution in [0, 0.1) is 0 Å². The van der Waals surface area contributed by atoms with Crippen LogP contribution in [0.1, 0.15) is 13.4 Å². The van der Waals surface area contributed by atoms with Gasteiger partial charge in [-0.2, -0.15) is 8.42 Å². The van der Waals surface area contributed by atoms with Crippen LogP contribution < -0.4 is 34.9 Å². The van der Waals surface area contributed by atoms with Crippen molar-refractivity contribution in [1.29, 1.82) is 0 Å². The molecule has 0 radical (unpaired) electrons. The third kappa shape index (κ3) is 3.38. The third-order valence-corrected chi connectivity index (χ3v) is 4.97. The maximum atomic E-state index is 12.2. The molecule has 0 spiro atoms. The van der Waals surface area contributed by atoms with E-state index in [4.69, 9.17) is 4.55 Å². The second kappa shape index (κ2) is 6.89. The Bertz CT molecular complexity index is 760. The van der Waals surface area contributed by atoms with E-state index in [-0.39, 0.29) is 49.8 Å². The summed E-state index contributed by atoms with van der Waals surface area (Å²) in [6.45, 7) is 0.442. The number of carbonyl (C=O) groups is 2. The van der Waals surface area contributed by atoms with E-state index in [9.17, 15) is 23.1 Å². The van der Waals surface area contributed by atoms with Crippen LogP contribution in [0.15, 0.2) is 24.3 Å². The molecular formula is C13H16N3NaO6S. The van der Waals surface area contributed by atoms with Crippen LogP contribution in [0.25, 0.3) is 0 Å². The number of carbonyl (C=O) groups excluding carboxylic acids is 2. The first-order valence-electron chi connectivity index (χ1n) is 6.92. The first kappa shape index (κ1) is 19.0. The van der Waals surface area contributed by atoms with Gasteiger partial charge in [0.25, 0.3) is 5.91 Å². The Balaban J connectivity index is 0.00000156. The van der Waals surface area contributed by atoms with E-state index in [1.54, 1.807) is 12.1 Å². The van der Waals surface area contributed by atoms with Crippen molar-refractivity contribution in [2.75, 3.05) is 6.54 Å². The van der Waals surface area contributed by atoms with Gasteiger partial charge in [0.15, 0.2) is 0 Å². The number of nitrogens with one attached hydrogen (secondary N) is 1. The number of phenols is 1. The van der Waals surface area contributed by atoms with Gasteiger partial charge >= 0.3 is 45.9 Å². The smallest absolute Gasteiger partial charge is 1.00 e. The quantitative estimate of drug-likeness (QED) is 0.294. The molecule has 2 aliphatic heterocycles. The normalized spacial score (nSPS) is 22.5. The van der Waals surface area contributed by atoms with Gasteiger partial charge in [-0.05, 0) is 24.1 Å².